The first kappa shape index (κ1) is 31.5. The van der Waals surface area contributed by atoms with Crippen LogP contribution in [-0.2, 0) is 22.4 Å². The van der Waals surface area contributed by atoms with E-state index in [9.17, 15) is 14.3 Å². The zero-order chi connectivity index (χ0) is 30.6. The molecule has 1 amide bonds. The van der Waals surface area contributed by atoms with E-state index in [-0.39, 0.29) is 42.5 Å². The van der Waals surface area contributed by atoms with Gasteiger partial charge in [0, 0.05) is 54.5 Å². The maximum Gasteiger partial charge on any atom is 0.246 e. The number of aliphatic hydroxyl groups is 1. The molecule has 1 spiro atoms. The molecule has 2 aromatic heterocycles. The van der Waals surface area contributed by atoms with Gasteiger partial charge in [-0.3, -0.25) is 4.79 Å². The number of amides is 1. The number of carbonyl (C=O) groups is 1. The van der Waals surface area contributed by atoms with Crippen LogP contribution in [-0.4, -0.2) is 58.5 Å². The molecule has 232 valence electrons. The summed E-state index contributed by atoms with van der Waals surface area (Å²) in [4.78, 5) is 21.7. The van der Waals surface area contributed by atoms with Gasteiger partial charge in [0.2, 0.25) is 11.8 Å². The van der Waals surface area contributed by atoms with Crippen LogP contribution in [0.2, 0.25) is 0 Å². The fourth-order valence-corrected chi connectivity index (χ4v) is 6.62. The van der Waals surface area contributed by atoms with Crippen molar-refractivity contribution in [3.63, 3.8) is 0 Å². The Morgan fingerprint density at radius 1 is 1.23 bits per heavy atom. The molecular formula is C33H43FN4O4S. The van der Waals surface area contributed by atoms with Crippen LogP contribution in [0.5, 0.6) is 5.88 Å². The third-order valence-electron chi connectivity index (χ3n) is 8.11. The zero-order valence-corrected chi connectivity index (χ0v) is 26.3. The summed E-state index contributed by atoms with van der Waals surface area (Å²) in [6.07, 6.45) is 7.64. The molecule has 43 heavy (non-hydrogen) atoms. The van der Waals surface area contributed by atoms with E-state index in [0.29, 0.717) is 28.6 Å². The van der Waals surface area contributed by atoms with Gasteiger partial charge in [0.15, 0.2) is 0 Å². The van der Waals surface area contributed by atoms with Gasteiger partial charge in [-0.2, -0.15) is 0 Å². The lowest BCUT2D eigenvalue weighted by atomic mass is 9.73. The third kappa shape index (κ3) is 8.17. The molecule has 2 aliphatic rings. The number of aromatic nitrogens is 2. The fourth-order valence-electron chi connectivity index (χ4n) is 5.99. The second-order valence-electron chi connectivity index (χ2n) is 13.0. The summed E-state index contributed by atoms with van der Waals surface area (Å²) < 4.78 is 26.4. The number of thiazole rings is 1. The van der Waals surface area contributed by atoms with Crippen LogP contribution in [0.4, 0.5) is 4.39 Å². The molecule has 0 bridgehead atoms. The Kier molecular flexibility index (Phi) is 9.80. The van der Waals surface area contributed by atoms with Crippen LogP contribution >= 0.6 is 11.3 Å². The third-order valence-corrected chi connectivity index (χ3v) is 8.94. The summed E-state index contributed by atoms with van der Waals surface area (Å²) in [5, 5.41) is 20.6. The maximum atomic E-state index is 14.7. The standard InChI is InChI=1S/C33H43FN4O4S/c1-5-41-20-29(40)38-26(14-21-11-23(15-24(34)12-21)31-35-9-10-43-31)28(39)19-36-27-17-33(7-6-8-33)42-30-25(27)13-22(18-37-30)16-32(2,3)4/h9-13,15,18,26-28,36,39H,5-8,14,16-17,19-20H2,1-4H3,(H,38,40)/t26-,27-,28-/m0/s1. The molecule has 3 atom stereocenters. The van der Waals surface area contributed by atoms with Crippen molar-refractivity contribution in [3.05, 3.63) is 64.5 Å². The van der Waals surface area contributed by atoms with E-state index in [1.54, 1.807) is 6.20 Å². The van der Waals surface area contributed by atoms with Gasteiger partial charge < -0.3 is 25.2 Å². The summed E-state index contributed by atoms with van der Waals surface area (Å²) in [5.74, 6) is -0.0622. The molecule has 0 radical (unpaired) electrons. The van der Waals surface area contributed by atoms with Crippen molar-refractivity contribution < 1.29 is 23.8 Å². The van der Waals surface area contributed by atoms with Gasteiger partial charge in [0.25, 0.3) is 0 Å². The van der Waals surface area contributed by atoms with E-state index in [2.05, 4.69) is 42.5 Å². The Morgan fingerprint density at radius 2 is 2.05 bits per heavy atom. The number of fused-ring (bicyclic) bond motifs is 1. The molecule has 1 aliphatic carbocycles. The highest BCUT2D eigenvalue weighted by atomic mass is 32.1. The molecule has 1 fully saturated rings. The molecule has 1 saturated carbocycles. The lowest BCUT2D eigenvalue weighted by Gasteiger charge is -2.47. The average Bonchev–Trinajstić information content (AvgIpc) is 3.47. The predicted molar refractivity (Wildman–Crippen MR) is 166 cm³/mol. The molecule has 3 N–H and O–H groups in total. The number of hydrogen-bond acceptors (Lipinski definition) is 8. The van der Waals surface area contributed by atoms with Crippen molar-refractivity contribution in [1.82, 2.24) is 20.6 Å². The number of benzene rings is 1. The van der Waals surface area contributed by atoms with E-state index in [0.717, 1.165) is 43.2 Å². The van der Waals surface area contributed by atoms with Crippen molar-refractivity contribution in [1.29, 1.82) is 0 Å². The first-order valence-electron chi connectivity index (χ1n) is 15.2. The van der Waals surface area contributed by atoms with Crippen molar-refractivity contribution in [2.45, 2.75) is 90.0 Å². The summed E-state index contributed by atoms with van der Waals surface area (Å²) >= 11 is 1.43. The Labute approximate surface area is 257 Å². The number of rotatable bonds is 12. The zero-order valence-electron chi connectivity index (χ0n) is 25.5. The Morgan fingerprint density at radius 3 is 2.72 bits per heavy atom. The topological polar surface area (TPSA) is 106 Å². The van der Waals surface area contributed by atoms with Crippen molar-refractivity contribution in [2.24, 2.45) is 5.41 Å². The fraction of sp³-hybridized carbons (Fsp3) is 0.545. The molecule has 0 unspecified atom stereocenters. The minimum Gasteiger partial charge on any atom is -0.471 e. The molecular weight excluding hydrogens is 567 g/mol. The Balaban J connectivity index is 1.35. The highest BCUT2D eigenvalue weighted by Gasteiger charge is 2.46. The van der Waals surface area contributed by atoms with E-state index < -0.39 is 18.0 Å². The van der Waals surface area contributed by atoms with Gasteiger partial charge in [-0.05, 0) is 79.8 Å². The van der Waals surface area contributed by atoms with Crippen LogP contribution in [0.1, 0.15) is 76.1 Å². The van der Waals surface area contributed by atoms with Crippen LogP contribution < -0.4 is 15.4 Å². The van der Waals surface area contributed by atoms with E-state index in [1.165, 1.54) is 23.5 Å². The van der Waals surface area contributed by atoms with Gasteiger partial charge in [0.05, 0.1) is 12.1 Å². The Hall–Kier alpha value is -2.92. The average molecular weight is 611 g/mol. The van der Waals surface area contributed by atoms with Crippen LogP contribution in [0.15, 0.2) is 42.0 Å². The molecule has 3 aromatic rings. The lowest BCUT2D eigenvalue weighted by molar-refractivity contribution is -0.127. The molecule has 5 rings (SSSR count). The number of hydrogen-bond donors (Lipinski definition) is 3. The van der Waals surface area contributed by atoms with Gasteiger partial charge in [-0.1, -0.05) is 20.8 Å². The minimum atomic E-state index is -0.952. The lowest BCUT2D eigenvalue weighted by Crippen LogP contribution is -2.52. The first-order chi connectivity index (χ1) is 20.5. The van der Waals surface area contributed by atoms with Crippen LogP contribution in [0.3, 0.4) is 0 Å². The number of nitrogens with one attached hydrogen (secondary N) is 2. The van der Waals surface area contributed by atoms with Crippen molar-refractivity contribution in [3.8, 4) is 16.5 Å². The molecule has 1 aliphatic heterocycles. The van der Waals surface area contributed by atoms with Crippen molar-refractivity contribution >= 4 is 17.2 Å². The molecule has 10 heteroatoms. The maximum absolute atomic E-state index is 14.7. The highest BCUT2D eigenvalue weighted by Crippen LogP contribution is 2.48. The Bertz CT molecular complexity index is 1390. The summed E-state index contributed by atoms with van der Waals surface area (Å²) in [6, 6.07) is 6.20. The predicted octanol–water partition coefficient (Wildman–Crippen LogP) is 5.39. The first-order valence-corrected chi connectivity index (χ1v) is 16.1. The van der Waals surface area contributed by atoms with Crippen molar-refractivity contribution in [2.75, 3.05) is 19.8 Å². The minimum absolute atomic E-state index is 0.0587. The number of nitrogens with zero attached hydrogens (tertiary/aromatic N) is 2. The van der Waals surface area contributed by atoms with Crippen LogP contribution in [0.25, 0.3) is 10.6 Å². The largest absolute Gasteiger partial charge is 0.471 e. The van der Waals surface area contributed by atoms with Gasteiger partial charge in [-0.15, -0.1) is 11.3 Å². The second kappa shape index (κ2) is 13.4. The summed E-state index contributed by atoms with van der Waals surface area (Å²) in [5.41, 5.74) is 3.36. The molecule has 8 nitrogen and oxygen atoms in total. The molecule has 0 saturated heterocycles. The second-order valence-corrected chi connectivity index (χ2v) is 13.9. The highest BCUT2D eigenvalue weighted by molar-refractivity contribution is 7.13. The van der Waals surface area contributed by atoms with E-state index in [4.69, 9.17) is 14.5 Å². The number of carbonyl (C=O) groups excluding carboxylic acids is 1. The van der Waals surface area contributed by atoms with Gasteiger partial charge in [0.1, 0.15) is 23.0 Å². The number of ether oxygens (including phenoxy) is 2. The molecule has 1 aromatic carbocycles. The van der Waals surface area contributed by atoms with E-state index >= 15 is 0 Å². The summed E-state index contributed by atoms with van der Waals surface area (Å²) in [6.45, 7) is 8.94. The van der Waals surface area contributed by atoms with Gasteiger partial charge in [-0.25, -0.2) is 14.4 Å². The number of pyridine rings is 1. The van der Waals surface area contributed by atoms with Crippen LogP contribution in [0, 0.1) is 11.2 Å². The van der Waals surface area contributed by atoms with Gasteiger partial charge >= 0.3 is 0 Å². The number of aliphatic hydroxyl groups excluding tert-OH is 1. The monoisotopic (exact) mass is 610 g/mol. The molecule has 3 heterocycles. The quantitative estimate of drug-likeness (QED) is 0.252. The summed E-state index contributed by atoms with van der Waals surface area (Å²) in [7, 11) is 0. The number of halogens is 1. The normalized spacial score (nSPS) is 18.8. The smallest absolute Gasteiger partial charge is 0.246 e. The SMILES string of the molecule is CCOCC(=O)N[C@@H](Cc1cc(F)cc(-c2nccs2)c1)[C@@H](O)CN[C@H]1CC2(CCC2)Oc2ncc(CC(C)(C)C)cc21. The van der Waals surface area contributed by atoms with E-state index in [1.807, 2.05) is 24.6 Å².